The van der Waals surface area contributed by atoms with E-state index >= 15 is 0 Å². The van der Waals surface area contributed by atoms with Gasteiger partial charge in [-0.05, 0) is 31.5 Å². The maximum atomic E-state index is 13.0. The molecule has 1 N–H and O–H groups in total. The zero-order valence-electron chi connectivity index (χ0n) is 23.0. The van der Waals surface area contributed by atoms with Crippen molar-refractivity contribution in [1.82, 2.24) is 4.90 Å². The van der Waals surface area contributed by atoms with Gasteiger partial charge in [-0.15, -0.1) is 0 Å². The summed E-state index contributed by atoms with van der Waals surface area (Å²) < 4.78 is 42.2. The van der Waals surface area contributed by atoms with Crippen LogP contribution in [0.5, 0.6) is 0 Å². The molecule has 0 amide bonds. The molecule has 12 atom stereocenters. The van der Waals surface area contributed by atoms with E-state index in [9.17, 15) is 15.4 Å². The third-order valence-electron chi connectivity index (χ3n) is 8.33. The maximum Gasteiger partial charge on any atom is 0.340 e. The van der Waals surface area contributed by atoms with E-state index in [0.29, 0.717) is 5.56 Å². The van der Waals surface area contributed by atoms with Crippen molar-refractivity contribution in [3.8, 4) is 0 Å². The summed E-state index contributed by atoms with van der Waals surface area (Å²) in [4.78, 5) is 17.9. The van der Waals surface area contributed by atoms with Crippen LogP contribution in [0, 0.1) is 0 Å². The van der Waals surface area contributed by atoms with E-state index in [1.807, 2.05) is 41.3 Å². The first kappa shape index (κ1) is 27.7. The van der Waals surface area contributed by atoms with Gasteiger partial charge in [-0.3, -0.25) is 4.90 Å². The third kappa shape index (κ3) is 5.06. The molecule has 0 bridgehead atoms. The van der Waals surface area contributed by atoms with Crippen LogP contribution in [-0.2, 0) is 33.2 Å². The van der Waals surface area contributed by atoms with Crippen molar-refractivity contribution in [2.24, 2.45) is 5.11 Å². The van der Waals surface area contributed by atoms with Gasteiger partial charge in [0.2, 0.25) is 6.29 Å². The standard InChI is InChI=1S/C29H32N4O9/c1-29(2)41-24-19(31-32-30)22(38-28(24)42-29)17(34)13-33-20-21(33)27(40-25(35)15-9-5-3-6-10-15)37-18-14-36-26(39-23(18)20)16-11-7-4-8-12-16/h3-12,17-24,26-28,34H,13-14H2,1-2H3/t17-,18-,19+,20+,21-,22-,23-,24-,26-,27-,28-,33?/m1/s1. The summed E-state index contributed by atoms with van der Waals surface area (Å²) in [6.45, 7) is 3.85. The maximum absolute atomic E-state index is 13.0. The highest BCUT2D eigenvalue weighted by molar-refractivity contribution is 5.89. The average molecular weight is 581 g/mol. The zero-order chi connectivity index (χ0) is 29.0. The van der Waals surface area contributed by atoms with E-state index < -0.39 is 67.2 Å². The molecule has 13 heteroatoms. The minimum Gasteiger partial charge on any atom is -0.430 e. The number of benzene rings is 2. The molecule has 0 saturated carbocycles. The smallest absolute Gasteiger partial charge is 0.340 e. The molecule has 7 rings (SSSR count). The predicted molar refractivity (Wildman–Crippen MR) is 142 cm³/mol. The van der Waals surface area contributed by atoms with Crippen molar-refractivity contribution in [3.05, 3.63) is 82.2 Å². The number of carbonyl (C=O) groups is 1. The highest BCUT2D eigenvalue weighted by Crippen LogP contribution is 2.47. The van der Waals surface area contributed by atoms with Crippen LogP contribution in [-0.4, -0.2) is 96.1 Å². The van der Waals surface area contributed by atoms with Crippen molar-refractivity contribution in [3.63, 3.8) is 0 Å². The number of esters is 1. The Balaban J connectivity index is 1.10. The fourth-order valence-electron chi connectivity index (χ4n) is 6.45. The molecule has 0 aliphatic carbocycles. The summed E-state index contributed by atoms with van der Waals surface area (Å²) in [6.07, 6.45) is -5.78. The van der Waals surface area contributed by atoms with Gasteiger partial charge >= 0.3 is 5.97 Å². The van der Waals surface area contributed by atoms with Crippen LogP contribution in [0.4, 0.5) is 0 Å². The molecule has 5 aliphatic heterocycles. The zero-order valence-corrected chi connectivity index (χ0v) is 23.0. The van der Waals surface area contributed by atoms with Gasteiger partial charge in [0.15, 0.2) is 18.4 Å². The van der Waals surface area contributed by atoms with Crippen LogP contribution < -0.4 is 0 Å². The molecular formula is C29H32N4O9. The van der Waals surface area contributed by atoms with Gasteiger partial charge < -0.3 is 38.3 Å². The Bertz CT molecular complexity index is 1340. The number of fused-ring (bicyclic) bond motifs is 4. The second-order valence-corrected chi connectivity index (χ2v) is 11.5. The van der Waals surface area contributed by atoms with E-state index in [-0.39, 0.29) is 25.2 Å². The van der Waals surface area contributed by atoms with Crippen LogP contribution >= 0.6 is 0 Å². The Morgan fingerprint density at radius 3 is 2.55 bits per heavy atom. The predicted octanol–water partition coefficient (Wildman–Crippen LogP) is 2.65. The number of aliphatic hydroxyl groups excluding tert-OH is 1. The molecule has 42 heavy (non-hydrogen) atoms. The van der Waals surface area contributed by atoms with Gasteiger partial charge in [0.05, 0.1) is 42.5 Å². The van der Waals surface area contributed by atoms with Crippen LogP contribution in [0.1, 0.15) is 36.1 Å². The summed E-state index contributed by atoms with van der Waals surface area (Å²) in [5.74, 6) is -1.42. The third-order valence-corrected chi connectivity index (χ3v) is 8.33. The van der Waals surface area contributed by atoms with Crippen molar-refractivity contribution in [2.75, 3.05) is 13.2 Å². The van der Waals surface area contributed by atoms with Crippen LogP contribution in [0.25, 0.3) is 10.4 Å². The SMILES string of the molecule is CC1(C)O[C@H]2O[C@H]([C@H](O)CN3[C@@H]4[C@@H]5O[C@H](c6ccccc6)OC[C@H]5O[C@H](OC(=O)c5ccccc5)[C@@H]43)[C@H](N=[N+]=[N-])[C@H]2O1. The quantitative estimate of drug-likeness (QED) is 0.170. The number of β-amino-alcohol motifs (C(OH)–C–C–N with tert-alkyl or cyclic N) is 1. The number of hydrogen-bond acceptors (Lipinski definition) is 11. The van der Waals surface area contributed by atoms with Crippen molar-refractivity contribution in [2.45, 2.75) is 87.2 Å². The Kier molecular flexibility index (Phi) is 7.17. The minimum atomic E-state index is -1.08. The molecule has 13 nitrogen and oxygen atoms in total. The first-order valence-corrected chi connectivity index (χ1v) is 14.1. The van der Waals surface area contributed by atoms with Gasteiger partial charge in [-0.2, -0.15) is 0 Å². The molecule has 1 unspecified atom stereocenters. The molecule has 0 aromatic heterocycles. The first-order chi connectivity index (χ1) is 20.3. The van der Waals surface area contributed by atoms with E-state index in [1.54, 1.807) is 38.1 Å². The van der Waals surface area contributed by atoms with Gasteiger partial charge in [-0.25, -0.2) is 4.79 Å². The Hall–Kier alpha value is -3.10. The monoisotopic (exact) mass is 580 g/mol. The number of aliphatic hydroxyl groups is 1. The lowest BCUT2D eigenvalue weighted by atomic mass is 10.0. The van der Waals surface area contributed by atoms with E-state index in [2.05, 4.69) is 10.0 Å². The first-order valence-electron chi connectivity index (χ1n) is 14.1. The van der Waals surface area contributed by atoms with Gasteiger partial charge in [0, 0.05) is 17.0 Å². The number of ether oxygens (including phenoxy) is 7. The summed E-state index contributed by atoms with van der Waals surface area (Å²) in [5.41, 5.74) is 10.5. The van der Waals surface area contributed by atoms with Crippen LogP contribution in [0.3, 0.4) is 0 Å². The topological polar surface area (TPSA) is 154 Å². The number of hydrogen-bond donors (Lipinski definition) is 1. The molecular weight excluding hydrogens is 548 g/mol. The highest BCUT2D eigenvalue weighted by atomic mass is 16.8. The molecule has 5 saturated heterocycles. The summed E-state index contributed by atoms with van der Waals surface area (Å²) in [5, 5.41) is 15.3. The summed E-state index contributed by atoms with van der Waals surface area (Å²) >= 11 is 0. The number of carbonyl (C=O) groups excluding carboxylic acids is 1. The van der Waals surface area contributed by atoms with Gasteiger partial charge in [0.1, 0.15) is 18.3 Å². The second kappa shape index (κ2) is 10.9. The second-order valence-electron chi connectivity index (χ2n) is 11.5. The largest absolute Gasteiger partial charge is 0.430 e. The molecule has 2 aromatic rings. The lowest BCUT2D eigenvalue weighted by Gasteiger charge is -2.40. The van der Waals surface area contributed by atoms with Crippen molar-refractivity contribution < 1.29 is 43.1 Å². The van der Waals surface area contributed by atoms with Crippen LogP contribution in [0.15, 0.2) is 65.8 Å². The Labute approximate surface area is 241 Å². The van der Waals surface area contributed by atoms with E-state index in [0.717, 1.165) is 5.56 Å². The summed E-state index contributed by atoms with van der Waals surface area (Å²) in [6, 6.07) is 16.9. The number of azide groups is 1. The molecule has 0 radical (unpaired) electrons. The number of rotatable bonds is 7. The van der Waals surface area contributed by atoms with Gasteiger partial charge in [-0.1, -0.05) is 53.6 Å². The molecule has 0 spiro atoms. The molecule has 2 aromatic carbocycles. The van der Waals surface area contributed by atoms with Crippen molar-refractivity contribution >= 4 is 5.97 Å². The molecule has 5 heterocycles. The van der Waals surface area contributed by atoms with E-state index in [4.69, 9.17) is 33.2 Å². The fourth-order valence-corrected chi connectivity index (χ4v) is 6.45. The van der Waals surface area contributed by atoms with Gasteiger partial charge in [0.25, 0.3) is 0 Å². The minimum absolute atomic E-state index is 0.118. The van der Waals surface area contributed by atoms with Crippen molar-refractivity contribution in [1.29, 1.82) is 0 Å². The highest BCUT2D eigenvalue weighted by Gasteiger charge is 2.66. The number of nitrogens with zero attached hydrogens (tertiary/aromatic N) is 4. The lowest BCUT2D eigenvalue weighted by Crippen LogP contribution is -2.53. The average Bonchev–Trinajstić information content (AvgIpc) is 3.50. The Morgan fingerprint density at radius 2 is 1.81 bits per heavy atom. The fraction of sp³-hybridized carbons (Fsp3) is 0.552. The van der Waals surface area contributed by atoms with Crippen LogP contribution in [0.2, 0.25) is 0 Å². The molecule has 5 fully saturated rings. The summed E-state index contributed by atoms with van der Waals surface area (Å²) in [7, 11) is 0. The lowest BCUT2D eigenvalue weighted by molar-refractivity contribution is -0.300. The normalized spacial score (nSPS) is 40.1. The molecule has 5 aliphatic rings. The molecule has 222 valence electrons. The van der Waals surface area contributed by atoms with E-state index in [1.165, 1.54) is 0 Å². The Morgan fingerprint density at radius 1 is 1.07 bits per heavy atom.